The Morgan fingerprint density at radius 3 is 2.67 bits per heavy atom. The number of ether oxygens (including phenoxy) is 2. The van der Waals surface area contributed by atoms with Crippen molar-refractivity contribution >= 4 is 27.5 Å². The van der Waals surface area contributed by atoms with Crippen LogP contribution in [0.1, 0.15) is 43.4 Å². The SMILES string of the molecule is CCOc1cc(C#N)cc(Br)c1OCC(=O)Nc1c(C)cccc1C(C)C. The van der Waals surface area contributed by atoms with E-state index in [1.165, 1.54) is 0 Å². The van der Waals surface area contributed by atoms with E-state index in [1.807, 2.05) is 32.0 Å². The van der Waals surface area contributed by atoms with Crippen LogP contribution in [0.25, 0.3) is 0 Å². The molecule has 0 aliphatic carbocycles. The molecule has 2 rings (SSSR count). The van der Waals surface area contributed by atoms with E-state index in [-0.39, 0.29) is 12.5 Å². The molecular weight excluding hydrogens is 408 g/mol. The smallest absolute Gasteiger partial charge is 0.262 e. The molecule has 0 saturated heterocycles. The van der Waals surface area contributed by atoms with Gasteiger partial charge in [0.05, 0.1) is 22.7 Å². The fraction of sp³-hybridized carbons (Fsp3) is 0.333. The number of carbonyl (C=O) groups excluding carboxylic acids is 1. The van der Waals surface area contributed by atoms with Gasteiger partial charge < -0.3 is 14.8 Å². The first-order valence-electron chi connectivity index (χ1n) is 8.76. The fourth-order valence-electron chi connectivity index (χ4n) is 2.69. The second-order valence-electron chi connectivity index (χ2n) is 6.36. The van der Waals surface area contributed by atoms with Gasteiger partial charge in [0.1, 0.15) is 0 Å². The number of hydrogen-bond acceptors (Lipinski definition) is 4. The second-order valence-corrected chi connectivity index (χ2v) is 7.22. The number of halogens is 1. The number of aryl methyl sites for hydroxylation is 1. The summed E-state index contributed by atoms with van der Waals surface area (Å²) >= 11 is 3.38. The molecule has 142 valence electrons. The molecule has 0 spiro atoms. The Bertz CT molecular complexity index is 872. The number of anilines is 1. The van der Waals surface area contributed by atoms with Crippen LogP contribution in [0.2, 0.25) is 0 Å². The van der Waals surface area contributed by atoms with Gasteiger partial charge in [-0.05, 0) is 52.9 Å². The third-order valence-corrected chi connectivity index (χ3v) is 4.57. The number of benzene rings is 2. The first-order valence-corrected chi connectivity index (χ1v) is 9.55. The number of nitrogens with zero attached hydrogens (tertiary/aromatic N) is 1. The van der Waals surface area contributed by atoms with Crippen molar-refractivity contribution in [2.24, 2.45) is 0 Å². The lowest BCUT2D eigenvalue weighted by Crippen LogP contribution is -2.22. The molecule has 0 aliphatic rings. The maximum absolute atomic E-state index is 12.5. The fourth-order valence-corrected chi connectivity index (χ4v) is 3.25. The summed E-state index contributed by atoms with van der Waals surface area (Å²) in [7, 11) is 0. The normalized spacial score (nSPS) is 10.4. The van der Waals surface area contributed by atoms with Gasteiger partial charge in [0, 0.05) is 11.8 Å². The van der Waals surface area contributed by atoms with Crippen LogP contribution < -0.4 is 14.8 Å². The molecule has 2 aromatic rings. The van der Waals surface area contributed by atoms with Crippen molar-refractivity contribution < 1.29 is 14.3 Å². The van der Waals surface area contributed by atoms with E-state index >= 15 is 0 Å². The highest BCUT2D eigenvalue weighted by atomic mass is 79.9. The van der Waals surface area contributed by atoms with Gasteiger partial charge in [-0.25, -0.2) is 0 Å². The molecule has 0 aliphatic heterocycles. The summed E-state index contributed by atoms with van der Waals surface area (Å²) in [4.78, 5) is 12.5. The summed E-state index contributed by atoms with van der Waals surface area (Å²) in [5.74, 6) is 0.859. The van der Waals surface area contributed by atoms with Crippen LogP contribution in [0.5, 0.6) is 11.5 Å². The lowest BCUT2D eigenvalue weighted by atomic mass is 9.98. The predicted octanol–water partition coefficient (Wildman–Crippen LogP) is 5.17. The molecule has 2 aromatic carbocycles. The molecule has 27 heavy (non-hydrogen) atoms. The van der Waals surface area contributed by atoms with Crippen LogP contribution in [-0.4, -0.2) is 19.1 Å². The molecule has 6 heteroatoms. The van der Waals surface area contributed by atoms with Gasteiger partial charge in [-0.2, -0.15) is 5.26 Å². The summed E-state index contributed by atoms with van der Waals surface area (Å²) in [5.41, 5.74) is 3.36. The molecule has 0 fully saturated rings. The van der Waals surface area contributed by atoms with E-state index in [2.05, 4.69) is 41.2 Å². The van der Waals surface area contributed by atoms with Gasteiger partial charge in [-0.15, -0.1) is 0 Å². The number of nitrogens with one attached hydrogen (secondary N) is 1. The Hall–Kier alpha value is -2.52. The number of rotatable bonds is 7. The highest BCUT2D eigenvalue weighted by Crippen LogP contribution is 2.37. The van der Waals surface area contributed by atoms with Crippen LogP contribution >= 0.6 is 15.9 Å². The molecule has 0 radical (unpaired) electrons. The van der Waals surface area contributed by atoms with Crippen molar-refractivity contribution in [3.05, 3.63) is 51.5 Å². The van der Waals surface area contributed by atoms with Crippen LogP contribution in [0.4, 0.5) is 5.69 Å². The average Bonchev–Trinajstić information content (AvgIpc) is 2.62. The molecule has 0 atom stereocenters. The van der Waals surface area contributed by atoms with Crippen molar-refractivity contribution in [3.8, 4) is 17.6 Å². The lowest BCUT2D eigenvalue weighted by molar-refractivity contribution is -0.118. The third kappa shape index (κ3) is 5.24. The molecule has 0 bridgehead atoms. The topological polar surface area (TPSA) is 71.3 Å². The van der Waals surface area contributed by atoms with Gasteiger partial charge >= 0.3 is 0 Å². The Morgan fingerprint density at radius 2 is 2.04 bits per heavy atom. The van der Waals surface area contributed by atoms with Gasteiger partial charge in [0.2, 0.25) is 0 Å². The van der Waals surface area contributed by atoms with Crippen LogP contribution in [-0.2, 0) is 4.79 Å². The Morgan fingerprint density at radius 1 is 1.30 bits per heavy atom. The number of para-hydroxylation sites is 1. The van der Waals surface area contributed by atoms with Crippen LogP contribution in [0, 0.1) is 18.3 Å². The zero-order valence-electron chi connectivity index (χ0n) is 15.9. The van der Waals surface area contributed by atoms with E-state index in [1.54, 1.807) is 12.1 Å². The summed E-state index contributed by atoms with van der Waals surface area (Å²) in [6.45, 7) is 8.23. The van der Waals surface area contributed by atoms with E-state index in [9.17, 15) is 4.79 Å². The summed E-state index contributed by atoms with van der Waals surface area (Å²) in [6, 6.07) is 11.3. The van der Waals surface area contributed by atoms with Crippen molar-refractivity contribution in [3.63, 3.8) is 0 Å². The zero-order chi connectivity index (χ0) is 20.0. The average molecular weight is 431 g/mol. The monoisotopic (exact) mass is 430 g/mol. The van der Waals surface area contributed by atoms with Crippen molar-refractivity contribution in [1.29, 1.82) is 5.26 Å². The van der Waals surface area contributed by atoms with Crippen LogP contribution in [0.15, 0.2) is 34.8 Å². The number of hydrogen-bond donors (Lipinski definition) is 1. The zero-order valence-corrected chi connectivity index (χ0v) is 17.5. The van der Waals surface area contributed by atoms with Gasteiger partial charge in [-0.3, -0.25) is 4.79 Å². The van der Waals surface area contributed by atoms with Gasteiger partial charge in [0.25, 0.3) is 5.91 Å². The molecular formula is C21H23BrN2O3. The molecule has 1 amide bonds. The summed E-state index contributed by atoms with van der Waals surface area (Å²) in [6.07, 6.45) is 0. The highest BCUT2D eigenvalue weighted by molar-refractivity contribution is 9.10. The Kier molecular flexibility index (Phi) is 7.26. The number of nitriles is 1. The van der Waals surface area contributed by atoms with Crippen molar-refractivity contribution in [2.45, 2.75) is 33.6 Å². The Labute approximate surface area is 168 Å². The molecule has 5 nitrogen and oxygen atoms in total. The molecule has 0 unspecified atom stereocenters. The molecule has 0 saturated carbocycles. The van der Waals surface area contributed by atoms with E-state index < -0.39 is 0 Å². The summed E-state index contributed by atoms with van der Waals surface area (Å²) < 4.78 is 11.8. The van der Waals surface area contributed by atoms with E-state index in [0.29, 0.717) is 34.1 Å². The van der Waals surface area contributed by atoms with Crippen LogP contribution in [0.3, 0.4) is 0 Å². The minimum atomic E-state index is -0.259. The minimum absolute atomic E-state index is 0.170. The second kappa shape index (κ2) is 9.43. The van der Waals surface area contributed by atoms with Crippen molar-refractivity contribution in [2.75, 3.05) is 18.5 Å². The van der Waals surface area contributed by atoms with Gasteiger partial charge in [-0.1, -0.05) is 32.0 Å². The minimum Gasteiger partial charge on any atom is -0.490 e. The predicted molar refractivity (Wildman–Crippen MR) is 109 cm³/mol. The van der Waals surface area contributed by atoms with E-state index in [0.717, 1.165) is 16.8 Å². The molecule has 0 heterocycles. The molecule has 0 aromatic heterocycles. The third-order valence-electron chi connectivity index (χ3n) is 3.98. The van der Waals surface area contributed by atoms with E-state index in [4.69, 9.17) is 14.7 Å². The standard InChI is InChI=1S/C21H23BrN2O3/c1-5-26-18-10-15(11-23)9-17(22)21(18)27-12-19(25)24-20-14(4)7-6-8-16(20)13(2)3/h6-10,13H,5,12H2,1-4H3,(H,24,25). The Balaban J connectivity index is 2.17. The number of amides is 1. The first-order chi connectivity index (χ1) is 12.9. The van der Waals surface area contributed by atoms with Gasteiger partial charge in [0.15, 0.2) is 18.1 Å². The summed E-state index contributed by atoms with van der Waals surface area (Å²) in [5, 5.41) is 12.0. The number of carbonyl (C=O) groups is 1. The molecule has 1 N–H and O–H groups in total. The lowest BCUT2D eigenvalue weighted by Gasteiger charge is -2.17. The first kappa shape index (κ1) is 20.8. The highest BCUT2D eigenvalue weighted by Gasteiger charge is 2.16. The quantitative estimate of drug-likeness (QED) is 0.657. The largest absolute Gasteiger partial charge is 0.490 e. The maximum atomic E-state index is 12.5. The maximum Gasteiger partial charge on any atom is 0.262 e. The van der Waals surface area contributed by atoms with Crippen molar-refractivity contribution in [1.82, 2.24) is 0 Å².